The monoisotopic (exact) mass is 482 g/mol. The molecule has 0 aliphatic heterocycles. The van der Waals surface area contributed by atoms with E-state index in [1.807, 2.05) is 71.7 Å². The lowest BCUT2D eigenvalue weighted by molar-refractivity contribution is 0.583. The molecule has 0 aliphatic carbocycles. The Morgan fingerprint density at radius 3 is 2.56 bits per heavy atom. The molecule has 36 heavy (non-hydrogen) atoms. The quantitative estimate of drug-likeness (QED) is 0.330. The second-order valence-electron chi connectivity index (χ2n) is 9.16. The maximum atomic E-state index is 13.6. The highest BCUT2D eigenvalue weighted by atomic mass is 16.1. The third-order valence-corrected chi connectivity index (χ3v) is 6.36. The fourth-order valence-corrected chi connectivity index (χ4v) is 4.48. The van der Waals surface area contributed by atoms with Gasteiger partial charge in [0.2, 0.25) is 5.82 Å². The minimum atomic E-state index is -0.0340. The van der Waals surface area contributed by atoms with E-state index in [9.17, 15) is 4.79 Å². The molecule has 4 heterocycles. The molecule has 0 bridgehead atoms. The first-order chi connectivity index (χ1) is 17.6. The zero-order valence-electron chi connectivity index (χ0n) is 20.8. The molecule has 0 amide bonds. The summed E-state index contributed by atoms with van der Waals surface area (Å²) < 4.78 is 5.76. The van der Waals surface area contributed by atoms with E-state index in [1.165, 1.54) is 0 Å². The summed E-state index contributed by atoms with van der Waals surface area (Å²) in [5.41, 5.74) is 4.55. The van der Waals surface area contributed by atoms with Gasteiger partial charge >= 0.3 is 5.69 Å². The SMILES string of the molecule is CCCCc1cn(-c2cccn2C(C)C)c(=O)n1Cc1ccc(-c2ccccc2-c2nn[nH]n2)nc1. The Morgan fingerprint density at radius 1 is 1.03 bits per heavy atom. The van der Waals surface area contributed by atoms with Crippen molar-refractivity contribution in [1.29, 1.82) is 0 Å². The summed E-state index contributed by atoms with van der Waals surface area (Å²) in [5, 5.41) is 14.4. The molecular weight excluding hydrogens is 452 g/mol. The molecule has 1 N–H and O–H groups in total. The number of unbranched alkanes of at least 4 members (excludes halogenated alkanes) is 1. The summed E-state index contributed by atoms with van der Waals surface area (Å²) in [6, 6.07) is 16.1. The molecule has 0 atom stereocenters. The molecule has 0 aliphatic rings. The molecule has 0 unspecified atom stereocenters. The van der Waals surface area contributed by atoms with E-state index in [4.69, 9.17) is 4.98 Å². The highest BCUT2D eigenvalue weighted by Gasteiger charge is 2.17. The lowest BCUT2D eigenvalue weighted by Gasteiger charge is -2.12. The van der Waals surface area contributed by atoms with E-state index in [0.29, 0.717) is 12.4 Å². The molecule has 0 saturated heterocycles. The molecule has 0 spiro atoms. The number of aryl methyl sites for hydroxylation is 1. The average molecular weight is 483 g/mol. The number of benzene rings is 1. The highest BCUT2D eigenvalue weighted by Crippen LogP contribution is 2.28. The van der Waals surface area contributed by atoms with Gasteiger partial charge in [0.25, 0.3) is 0 Å². The topological polar surface area (TPSA) is 99.2 Å². The zero-order chi connectivity index (χ0) is 25.1. The van der Waals surface area contributed by atoms with Crippen LogP contribution in [0.2, 0.25) is 0 Å². The van der Waals surface area contributed by atoms with Crippen LogP contribution in [0.4, 0.5) is 0 Å². The van der Waals surface area contributed by atoms with Crippen LogP contribution in [0.5, 0.6) is 0 Å². The van der Waals surface area contributed by atoms with Gasteiger partial charge in [-0.2, -0.15) is 5.21 Å². The Kier molecular flexibility index (Phi) is 6.62. The van der Waals surface area contributed by atoms with Crippen LogP contribution in [0.1, 0.15) is 50.9 Å². The third-order valence-electron chi connectivity index (χ3n) is 6.36. The summed E-state index contributed by atoms with van der Waals surface area (Å²) in [4.78, 5) is 18.3. The first-order valence-electron chi connectivity index (χ1n) is 12.3. The van der Waals surface area contributed by atoms with E-state index in [2.05, 4.69) is 46.0 Å². The molecule has 4 aromatic heterocycles. The zero-order valence-corrected chi connectivity index (χ0v) is 20.8. The number of pyridine rings is 1. The van der Waals surface area contributed by atoms with E-state index in [1.54, 1.807) is 4.57 Å². The molecule has 0 radical (unpaired) electrons. The Balaban J connectivity index is 1.47. The molecule has 0 saturated carbocycles. The van der Waals surface area contributed by atoms with Gasteiger partial charge < -0.3 is 4.57 Å². The second kappa shape index (κ2) is 10.2. The Hall–Kier alpha value is -4.27. The van der Waals surface area contributed by atoms with Crippen molar-refractivity contribution < 1.29 is 0 Å². The number of aromatic amines is 1. The number of nitrogens with zero attached hydrogens (tertiary/aromatic N) is 7. The average Bonchev–Trinajstić information content (AvgIpc) is 3.65. The number of aromatic nitrogens is 8. The second-order valence-corrected chi connectivity index (χ2v) is 9.16. The van der Waals surface area contributed by atoms with Gasteiger partial charge in [0.1, 0.15) is 5.82 Å². The number of nitrogens with one attached hydrogen (secondary N) is 1. The Bertz CT molecular complexity index is 1490. The fourth-order valence-electron chi connectivity index (χ4n) is 4.48. The number of tetrazole rings is 1. The minimum absolute atomic E-state index is 0.0340. The van der Waals surface area contributed by atoms with Crippen molar-refractivity contribution in [3.05, 3.63) is 88.9 Å². The smallest absolute Gasteiger partial charge is 0.332 e. The number of imidazole rings is 1. The molecule has 5 rings (SSSR count). The predicted octanol–water partition coefficient (Wildman–Crippen LogP) is 4.65. The molecule has 1 aromatic carbocycles. The van der Waals surface area contributed by atoms with Crippen molar-refractivity contribution in [2.24, 2.45) is 0 Å². The van der Waals surface area contributed by atoms with E-state index in [0.717, 1.165) is 53.2 Å². The van der Waals surface area contributed by atoms with Crippen molar-refractivity contribution in [2.75, 3.05) is 0 Å². The number of hydrogen-bond acceptors (Lipinski definition) is 5. The number of hydrogen-bond donors (Lipinski definition) is 1. The number of rotatable bonds is 9. The van der Waals surface area contributed by atoms with Crippen LogP contribution < -0.4 is 5.69 Å². The molecule has 9 nitrogen and oxygen atoms in total. The molecule has 5 aromatic rings. The largest absolute Gasteiger partial charge is 0.334 e. The first-order valence-corrected chi connectivity index (χ1v) is 12.3. The lowest BCUT2D eigenvalue weighted by atomic mass is 10.0. The van der Waals surface area contributed by atoms with Crippen LogP contribution in [0.25, 0.3) is 28.5 Å². The van der Waals surface area contributed by atoms with Crippen molar-refractivity contribution in [1.82, 2.24) is 39.3 Å². The van der Waals surface area contributed by atoms with E-state index < -0.39 is 0 Å². The van der Waals surface area contributed by atoms with Gasteiger partial charge in [-0.25, -0.2) is 4.79 Å². The standard InChI is InChI=1S/C27H30N8O/c1-4-5-9-21-18-35(25-12-8-15-33(25)19(2)3)27(36)34(21)17-20-13-14-24(28-16-20)22-10-6-7-11-23(22)26-29-31-32-30-26/h6-8,10-16,18-19H,4-5,9,17H2,1-3H3,(H,29,30,31,32). The predicted molar refractivity (Wildman–Crippen MR) is 139 cm³/mol. The summed E-state index contributed by atoms with van der Waals surface area (Å²) in [6.07, 6.45) is 8.80. The van der Waals surface area contributed by atoms with Gasteiger partial charge in [-0.3, -0.25) is 14.1 Å². The van der Waals surface area contributed by atoms with Gasteiger partial charge in [0.05, 0.1) is 12.2 Å². The number of H-pyrrole nitrogens is 1. The van der Waals surface area contributed by atoms with E-state index in [-0.39, 0.29) is 11.7 Å². The Morgan fingerprint density at radius 2 is 1.86 bits per heavy atom. The van der Waals surface area contributed by atoms with Gasteiger partial charge in [0.15, 0.2) is 0 Å². The minimum Gasteiger partial charge on any atom is -0.332 e. The van der Waals surface area contributed by atoms with Crippen LogP contribution >= 0.6 is 0 Å². The molecule has 0 fully saturated rings. The van der Waals surface area contributed by atoms with E-state index >= 15 is 0 Å². The lowest BCUT2D eigenvalue weighted by Crippen LogP contribution is -2.26. The molecule has 9 heteroatoms. The molecular formula is C27H30N8O. The third kappa shape index (κ3) is 4.51. The van der Waals surface area contributed by atoms with Crippen molar-refractivity contribution in [3.8, 4) is 28.5 Å². The Labute approximate surface area is 209 Å². The van der Waals surface area contributed by atoms with Gasteiger partial charge in [0, 0.05) is 41.5 Å². The van der Waals surface area contributed by atoms with Gasteiger partial charge in [-0.15, -0.1) is 10.2 Å². The maximum Gasteiger partial charge on any atom is 0.334 e. The van der Waals surface area contributed by atoms with Crippen LogP contribution in [0, 0.1) is 0 Å². The van der Waals surface area contributed by atoms with Crippen LogP contribution in [-0.4, -0.2) is 39.3 Å². The van der Waals surface area contributed by atoms with Gasteiger partial charge in [-0.1, -0.05) is 43.7 Å². The van der Waals surface area contributed by atoms with Crippen molar-refractivity contribution >= 4 is 0 Å². The first kappa shape index (κ1) is 23.5. The molecule has 184 valence electrons. The highest BCUT2D eigenvalue weighted by molar-refractivity contribution is 5.78. The summed E-state index contributed by atoms with van der Waals surface area (Å²) >= 11 is 0. The normalized spacial score (nSPS) is 11.4. The summed E-state index contributed by atoms with van der Waals surface area (Å²) in [7, 11) is 0. The van der Waals surface area contributed by atoms with Crippen LogP contribution in [-0.2, 0) is 13.0 Å². The van der Waals surface area contributed by atoms with Crippen LogP contribution in [0.15, 0.2) is 71.9 Å². The van der Waals surface area contributed by atoms with Crippen molar-refractivity contribution in [3.63, 3.8) is 0 Å². The van der Waals surface area contributed by atoms with Crippen molar-refractivity contribution in [2.45, 2.75) is 52.6 Å². The summed E-state index contributed by atoms with van der Waals surface area (Å²) in [6.45, 7) is 6.87. The van der Waals surface area contributed by atoms with Crippen LogP contribution in [0.3, 0.4) is 0 Å². The van der Waals surface area contributed by atoms with Gasteiger partial charge in [-0.05, 0) is 55.7 Å². The fraction of sp³-hybridized carbons (Fsp3) is 0.296. The summed E-state index contributed by atoms with van der Waals surface area (Å²) in [5.74, 6) is 1.41. The maximum absolute atomic E-state index is 13.6.